The average Bonchev–Trinajstić information content (AvgIpc) is 2.54. The van der Waals surface area contributed by atoms with E-state index in [1.807, 2.05) is 6.92 Å². The summed E-state index contributed by atoms with van der Waals surface area (Å²) in [7, 11) is 0. The number of hydrogen-bond acceptors (Lipinski definition) is 3. The summed E-state index contributed by atoms with van der Waals surface area (Å²) in [6.45, 7) is 1.88. The number of anilines is 1. The van der Waals surface area contributed by atoms with Gasteiger partial charge in [-0.15, -0.1) is 0 Å². The smallest absolute Gasteiger partial charge is 0.306 e. The second-order valence-corrected chi connectivity index (χ2v) is 8.65. The molecule has 4 bridgehead atoms. The van der Waals surface area contributed by atoms with E-state index in [9.17, 15) is 19.3 Å². The standard InChI is InChI=1S/C19H24FN3O3/c1-11(18(24)21-15-2-3-16(20)17(7-15)23(25)26)22-19-8-12-4-13(9-19)6-14(5-12)10-19/h2-3,7,11-14,22H,4-6,8-10H2,1H3,(H,21,24)/p+1/t11-,12?,13?,14?,19?/m1/s1. The van der Waals surface area contributed by atoms with Crippen molar-refractivity contribution in [3.05, 3.63) is 34.1 Å². The summed E-state index contributed by atoms with van der Waals surface area (Å²) in [5.74, 6) is 1.34. The van der Waals surface area contributed by atoms with Crippen LogP contribution in [-0.2, 0) is 4.79 Å². The summed E-state index contributed by atoms with van der Waals surface area (Å²) in [5.41, 5.74) is -0.185. The first-order chi connectivity index (χ1) is 12.3. The van der Waals surface area contributed by atoms with Crippen LogP contribution in [0.5, 0.6) is 0 Å². The van der Waals surface area contributed by atoms with Gasteiger partial charge >= 0.3 is 5.69 Å². The molecule has 0 saturated heterocycles. The number of amides is 1. The van der Waals surface area contributed by atoms with E-state index in [1.54, 1.807) is 0 Å². The van der Waals surface area contributed by atoms with Crippen molar-refractivity contribution in [2.75, 3.05) is 5.32 Å². The first-order valence-corrected chi connectivity index (χ1v) is 9.44. The predicted molar refractivity (Wildman–Crippen MR) is 94.0 cm³/mol. The average molecular weight is 362 g/mol. The van der Waals surface area contributed by atoms with E-state index in [0.29, 0.717) is 0 Å². The fourth-order valence-corrected chi connectivity index (χ4v) is 5.97. The Labute approximate surface area is 151 Å². The lowest BCUT2D eigenvalue weighted by molar-refractivity contribution is -0.754. The normalized spacial score (nSPS) is 33.1. The number of nitrogens with two attached hydrogens (primary N) is 1. The lowest BCUT2D eigenvalue weighted by Crippen LogP contribution is -3.03. The SMILES string of the molecule is C[C@@H]([NH2+]C12CC3CC(CC(C3)C1)C2)C(=O)Nc1ccc(F)c([N+](=O)[O-])c1. The molecule has 4 saturated carbocycles. The Balaban J connectivity index is 1.42. The van der Waals surface area contributed by atoms with Crippen LogP contribution in [0.15, 0.2) is 18.2 Å². The Morgan fingerprint density at radius 3 is 2.38 bits per heavy atom. The molecule has 1 amide bonds. The van der Waals surface area contributed by atoms with Gasteiger partial charge in [0.05, 0.1) is 10.5 Å². The number of nitrogens with one attached hydrogen (secondary N) is 1. The Bertz CT molecular complexity index is 716. The van der Waals surface area contributed by atoms with Crippen LogP contribution in [0.4, 0.5) is 15.8 Å². The van der Waals surface area contributed by atoms with Gasteiger partial charge < -0.3 is 10.6 Å². The number of halogens is 1. The molecule has 140 valence electrons. The highest BCUT2D eigenvalue weighted by atomic mass is 19.1. The number of nitro benzene ring substituents is 1. The van der Waals surface area contributed by atoms with Crippen molar-refractivity contribution < 1.29 is 19.4 Å². The van der Waals surface area contributed by atoms with E-state index >= 15 is 0 Å². The van der Waals surface area contributed by atoms with Gasteiger partial charge in [0.2, 0.25) is 5.82 Å². The van der Waals surface area contributed by atoms with Crippen LogP contribution < -0.4 is 10.6 Å². The summed E-state index contributed by atoms with van der Waals surface area (Å²) in [5, 5.41) is 15.8. The predicted octanol–water partition coefficient (Wildman–Crippen LogP) is 2.59. The van der Waals surface area contributed by atoms with E-state index in [1.165, 1.54) is 44.6 Å². The number of rotatable bonds is 5. The van der Waals surface area contributed by atoms with Crippen LogP contribution in [0.1, 0.15) is 45.4 Å². The van der Waals surface area contributed by atoms with E-state index in [-0.39, 0.29) is 23.2 Å². The molecule has 6 nitrogen and oxygen atoms in total. The molecule has 0 spiro atoms. The minimum atomic E-state index is -0.902. The molecule has 4 fully saturated rings. The molecule has 7 heteroatoms. The molecule has 1 aromatic rings. The molecule has 0 radical (unpaired) electrons. The lowest BCUT2D eigenvalue weighted by Gasteiger charge is -2.55. The number of carbonyl (C=O) groups is 1. The third kappa shape index (κ3) is 3.20. The molecule has 3 N–H and O–H groups in total. The number of nitrogens with zero attached hydrogens (tertiary/aromatic N) is 1. The zero-order valence-electron chi connectivity index (χ0n) is 14.9. The second-order valence-electron chi connectivity index (χ2n) is 8.65. The van der Waals surface area contributed by atoms with Crippen molar-refractivity contribution >= 4 is 17.3 Å². The first-order valence-electron chi connectivity index (χ1n) is 9.44. The minimum Gasteiger partial charge on any atom is -0.331 e. The topological polar surface area (TPSA) is 88.8 Å². The molecular formula is C19H25FN3O3+. The maximum Gasteiger partial charge on any atom is 0.306 e. The second kappa shape index (κ2) is 6.30. The van der Waals surface area contributed by atoms with E-state index in [2.05, 4.69) is 10.6 Å². The van der Waals surface area contributed by atoms with Gasteiger partial charge in [-0.1, -0.05) is 0 Å². The molecule has 5 rings (SSSR count). The fourth-order valence-electron chi connectivity index (χ4n) is 5.97. The fraction of sp³-hybridized carbons (Fsp3) is 0.632. The molecule has 1 aromatic carbocycles. The van der Waals surface area contributed by atoms with Crippen molar-refractivity contribution in [2.45, 2.75) is 57.0 Å². The minimum absolute atomic E-state index is 0.181. The van der Waals surface area contributed by atoms with Crippen LogP contribution >= 0.6 is 0 Å². The largest absolute Gasteiger partial charge is 0.331 e. The number of hydrogen-bond donors (Lipinski definition) is 2. The van der Waals surface area contributed by atoms with Crippen LogP contribution in [0.3, 0.4) is 0 Å². The Morgan fingerprint density at radius 1 is 1.27 bits per heavy atom. The summed E-state index contributed by atoms with van der Waals surface area (Å²) in [6, 6.07) is 3.17. The zero-order chi connectivity index (χ0) is 18.5. The van der Waals surface area contributed by atoms with E-state index < -0.39 is 16.4 Å². The van der Waals surface area contributed by atoms with E-state index in [0.717, 1.165) is 29.9 Å². The van der Waals surface area contributed by atoms with Crippen LogP contribution in [0.2, 0.25) is 0 Å². The Kier molecular flexibility index (Phi) is 4.22. The summed E-state index contributed by atoms with van der Waals surface area (Å²) < 4.78 is 13.4. The maximum absolute atomic E-state index is 13.4. The molecule has 4 aliphatic carbocycles. The molecule has 0 aliphatic heterocycles. The summed E-state index contributed by atoms with van der Waals surface area (Å²) >= 11 is 0. The number of carbonyl (C=O) groups excluding carboxylic acids is 1. The third-order valence-electron chi connectivity index (χ3n) is 6.51. The monoisotopic (exact) mass is 362 g/mol. The summed E-state index contributed by atoms with van der Waals surface area (Å²) in [6.07, 6.45) is 7.64. The van der Waals surface area contributed by atoms with Gasteiger partial charge in [-0.2, -0.15) is 4.39 Å². The number of nitro groups is 1. The Morgan fingerprint density at radius 2 is 1.85 bits per heavy atom. The molecule has 0 aromatic heterocycles. The van der Waals surface area contributed by atoms with Gasteiger partial charge in [-0.05, 0) is 56.1 Å². The molecular weight excluding hydrogens is 337 g/mol. The van der Waals surface area contributed by atoms with Crippen molar-refractivity contribution in [1.82, 2.24) is 0 Å². The number of quaternary nitrogens is 1. The van der Waals surface area contributed by atoms with Crippen molar-refractivity contribution in [1.29, 1.82) is 0 Å². The van der Waals surface area contributed by atoms with Crippen LogP contribution in [0, 0.1) is 33.7 Å². The maximum atomic E-state index is 13.4. The lowest BCUT2D eigenvalue weighted by atomic mass is 9.53. The first kappa shape index (κ1) is 17.4. The van der Waals surface area contributed by atoms with Gasteiger partial charge in [0.25, 0.3) is 5.91 Å². The molecule has 26 heavy (non-hydrogen) atoms. The molecule has 1 atom stereocenters. The van der Waals surface area contributed by atoms with Gasteiger partial charge in [-0.25, -0.2) is 0 Å². The van der Waals surface area contributed by atoms with Crippen molar-refractivity contribution in [3.63, 3.8) is 0 Å². The van der Waals surface area contributed by atoms with E-state index in [4.69, 9.17) is 0 Å². The van der Waals surface area contributed by atoms with Crippen LogP contribution in [-0.4, -0.2) is 22.4 Å². The highest BCUT2D eigenvalue weighted by Gasteiger charge is 2.54. The van der Waals surface area contributed by atoms with Gasteiger partial charge in [-0.3, -0.25) is 14.9 Å². The highest BCUT2D eigenvalue weighted by molar-refractivity contribution is 5.93. The van der Waals surface area contributed by atoms with Crippen molar-refractivity contribution in [2.24, 2.45) is 17.8 Å². The number of benzene rings is 1. The quantitative estimate of drug-likeness (QED) is 0.623. The zero-order valence-corrected chi connectivity index (χ0v) is 14.9. The Hall–Kier alpha value is -2.02. The third-order valence-corrected chi connectivity index (χ3v) is 6.51. The van der Waals surface area contributed by atoms with Crippen molar-refractivity contribution in [3.8, 4) is 0 Å². The van der Waals surface area contributed by atoms with Gasteiger partial charge in [0, 0.05) is 31.0 Å². The van der Waals surface area contributed by atoms with Gasteiger partial charge in [0.1, 0.15) is 0 Å². The molecule has 4 aliphatic rings. The summed E-state index contributed by atoms with van der Waals surface area (Å²) in [4.78, 5) is 22.7. The van der Waals surface area contributed by atoms with Gasteiger partial charge in [0.15, 0.2) is 6.04 Å². The van der Waals surface area contributed by atoms with Crippen LogP contribution in [0.25, 0.3) is 0 Å². The molecule has 0 heterocycles. The highest BCUT2D eigenvalue weighted by Crippen LogP contribution is 2.54. The molecule has 0 unspecified atom stereocenters.